The molecule has 182 valence electrons. The minimum Gasteiger partial charge on any atom is -0.447 e. The number of hydrogen-bond donors (Lipinski definition) is 0. The van der Waals surface area contributed by atoms with Crippen molar-refractivity contribution in [3.8, 4) is 5.75 Å². The van der Waals surface area contributed by atoms with E-state index >= 15 is 0 Å². The lowest BCUT2D eigenvalue weighted by atomic mass is 9.86. The van der Waals surface area contributed by atoms with Gasteiger partial charge >= 0.3 is 5.24 Å². The van der Waals surface area contributed by atoms with Crippen molar-refractivity contribution in [1.29, 1.82) is 0 Å². The summed E-state index contributed by atoms with van der Waals surface area (Å²) in [6, 6.07) is 18.0. The molecule has 0 radical (unpaired) electrons. The Morgan fingerprint density at radius 2 is 1.60 bits per heavy atom. The Morgan fingerprint density at radius 1 is 0.943 bits per heavy atom. The highest BCUT2D eigenvalue weighted by Gasteiger charge is 2.25. The van der Waals surface area contributed by atoms with Gasteiger partial charge < -0.3 is 9.47 Å². The number of nitrogens with zero attached hydrogens (tertiary/aromatic N) is 4. The predicted molar refractivity (Wildman–Crippen MR) is 143 cm³/mol. The number of para-hydroxylation sites is 1. The third-order valence-corrected chi connectivity index (χ3v) is 6.28. The van der Waals surface area contributed by atoms with Crippen LogP contribution in [0.4, 0.5) is 0 Å². The summed E-state index contributed by atoms with van der Waals surface area (Å²) in [4.78, 5) is 9.35. The first-order valence-corrected chi connectivity index (χ1v) is 12.2. The monoisotopic (exact) mass is 488 g/mol. The van der Waals surface area contributed by atoms with E-state index in [1.54, 1.807) is 0 Å². The van der Waals surface area contributed by atoms with Gasteiger partial charge in [0.25, 0.3) is 0 Å². The molecule has 0 saturated carbocycles. The van der Waals surface area contributed by atoms with Gasteiger partial charge in [0.2, 0.25) is 0 Å². The van der Waals surface area contributed by atoms with Crippen LogP contribution in [0.15, 0.2) is 54.6 Å². The largest absolute Gasteiger partial charge is 0.447 e. The predicted octanol–water partition coefficient (Wildman–Crippen LogP) is 6.79. The summed E-state index contributed by atoms with van der Waals surface area (Å²) in [5, 5.41) is 5.90. The number of thiocarbonyl (C=S) groups is 1. The Balaban J connectivity index is 1.68. The van der Waals surface area contributed by atoms with E-state index < -0.39 is 6.10 Å². The fourth-order valence-electron chi connectivity index (χ4n) is 4.14. The van der Waals surface area contributed by atoms with Crippen LogP contribution in [0.1, 0.15) is 75.1 Å². The van der Waals surface area contributed by atoms with Crippen LogP contribution in [0.5, 0.6) is 5.75 Å². The van der Waals surface area contributed by atoms with Crippen LogP contribution in [0.3, 0.4) is 0 Å². The summed E-state index contributed by atoms with van der Waals surface area (Å²) in [5.41, 5.74) is 4.91. The van der Waals surface area contributed by atoms with Crippen molar-refractivity contribution in [2.75, 3.05) is 0 Å². The molecule has 4 aromatic rings. The van der Waals surface area contributed by atoms with Gasteiger partial charge in [0.05, 0.1) is 17.1 Å². The number of benzene rings is 2. The lowest BCUT2D eigenvalue weighted by molar-refractivity contribution is 0.170. The topological polar surface area (TPSA) is 62.1 Å². The zero-order chi connectivity index (χ0) is 25.3. The van der Waals surface area contributed by atoms with Crippen molar-refractivity contribution in [3.05, 3.63) is 82.9 Å². The smallest absolute Gasteiger partial charge is 0.358 e. The van der Waals surface area contributed by atoms with Gasteiger partial charge in [0, 0.05) is 12.2 Å². The number of ether oxygens (including phenoxy) is 2. The van der Waals surface area contributed by atoms with Gasteiger partial charge in [-0.25, -0.2) is 14.6 Å². The number of aryl methyl sites for hydroxylation is 2. The zero-order valence-corrected chi connectivity index (χ0v) is 22.2. The van der Waals surface area contributed by atoms with E-state index in [1.807, 2.05) is 55.8 Å². The lowest BCUT2D eigenvalue weighted by Gasteiger charge is -2.20. The summed E-state index contributed by atoms with van der Waals surface area (Å²) >= 11 is 5.36. The SMILES string of the molecule is Cc1nc(C)c2c(C(C)OC(=S)Oc3ccccc3)nn(C(C)c3ccc(C(C)(C)C)cc3)c2n1. The molecule has 35 heavy (non-hydrogen) atoms. The molecule has 2 aromatic heterocycles. The molecule has 0 saturated heterocycles. The summed E-state index contributed by atoms with van der Waals surface area (Å²) in [5.74, 6) is 1.33. The molecule has 0 amide bonds. The van der Waals surface area contributed by atoms with Gasteiger partial charge in [-0.15, -0.1) is 0 Å². The average Bonchev–Trinajstić information content (AvgIpc) is 3.18. The van der Waals surface area contributed by atoms with Gasteiger partial charge in [-0.2, -0.15) is 5.10 Å². The molecule has 7 heteroatoms. The molecule has 0 N–H and O–H groups in total. The molecule has 2 heterocycles. The first kappa shape index (κ1) is 24.8. The Bertz CT molecular complexity index is 1340. The standard InChI is InChI=1S/C28H32N4O2S/c1-17-24-25(19(3)33-27(35)34-23-11-9-8-10-12-23)31-32(26(24)30-20(4)29-17)18(2)21-13-15-22(16-14-21)28(5,6)7/h8-16,18-19H,1-7H3. The maximum Gasteiger partial charge on any atom is 0.358 e. The molecule has 0 bridgehead atoms. The second kappa shape index (κ2) is 9.74. The van der Waals surface area contributed by atoms with Crippen molar-refractivity contribution in [3.63, 3.8) is 0 Å². The second-order valence-electron chi connectivity index (χ2n) is 9.86. The van der Waals surface area contributed by atoms with Crippen molar-refractivity contribution < 1.29 is 9.47 Å². The van der Waals surface area contributed by atoms with Crippen LogP contribution in [-0.4, -0.2) is 25.0 Å². The van der Waals surface area contributed by atoms with Crippen LogP contribution < -0.4 is 4.74 Å². The van der Waals surface area contributed by atoms with Gasteiger partial charge in [-0.1, -0.05) is 63.2 Å². The lowest BCUT2D eigenvalue weighted by Crippen LogP contribution is -2.15. The number of aromatic nitrogens is 4. The molecular formula is C28H32N4O2S. The molecule has 0 aliphatic rings. The van der Waals surface area contributed by atoms with E-state index in [2.05, 4.69) is 56.9 Å². The van der Waals surface area contributed by atoms with Gasteiger partial charge in [-0.3, -0.25) is 0 Å². The normalized spacial score (nSPS) is 13.5. The number of fused-ring (bicyclic) bond motifs is 1. The second-order valence-corrected chi connectivity index (χ2v) is 10.2. The quantitative estimate of drug-likeness (QED) is 0.288. The molecule has 4 rings (SSSR count). The highest BCUT2D eigenvalue weighted by atomic mass is 32.1. The van der Waals surface area contributed by atoms with Crippen molar-refractivity contribution in [2.24, 2.45) is 0 Å². The third-order valence-electron chi connectivity index (χ3n) is 6.10. The maximum absolute atomic E-state index is 5.96. The molecule has 0 aliphatic heterocycles. The van der Waals surface area contributed by atoms with Crippen molar-refractivity contribution in [1.82, 2.24) is 19.7 Å². The van der Waals surface area contributed by atoms with E-state index in [4.69, 9.17) is 31.8 Å². The molecule has 6 nitrogen and oxygen atoms in total. The first-order chi connectivity index (χ1) is 16.5. The number of hydrogen-bond acceptors (Lipinski definition) is 6. The zero-order valence-electron chi connectivity index (χ0n) is 21.4. The molecule has 2 unspecified atom stereocenters. The summed E-state index contributed by atoms with van der Waals surface area (Å²) in [6.45, 7) is 14.6. The highest BCUT2D eigenvalue weighted by Crippen LogP contribution is 2.32. The minimum absolute atomic E-state index is 0.0336. The third kappa shape index (κ3) is 5.35. The maximum atomic E-state index is 5.96. The molecule has 0 spiro atoms. The Labute approximate surface area is 212 Å². The number of rotatable bonds is 5. The van der Waals surface area contributed by atoms with E-state index in [1.165, 1.54) is 5.56 Å². The molecule has 2 aromatic carbocycles. The summed E-state index contributed by atoms with van der Waals surface area (Å²) in [6.07, 6.45) is -0.449. The van der Waals surface area contributed by atoms with E-state index in [0.29, 0.717) is 11.6 Å². The van der Waals surface area contributed by atoms with Gasteiger partial charge in [-0.05, 0) is 56.4 Å². The summed E-state index contributed by atoms with van der Waals surface area (Å²) < 4.78 is 13.6. The van der Waals surface area contributed by atoms with Gasteiger partial charge in [0.1, 0.15) is 23.4 Å². The Hall–Kier alpha value is -3.32. The fourth-order valence-corrected chi connectivity index (χ4v) is 4.38. The van der Waals surface area contributed by atoms with E-state index in [0.717, 1.165) is 28.0 Å². The first-order valence-electron chi connectivity index (χ1n) is 11.8. The summed E-state index contributed by atoms with van der Waals surface area (Å²) in [7, 11) is 0. The highest BCUT2D eigenvalue weighted by molar-refractivity contribution is 7.79. The van der Waals surface area contributed by atoms with Crippen LogP contribution in [-0.2, 0) is 10.2 Å². The minimum atomic E-state index is -0.449. The Morgan fingerprint density at radius 3 is 2.23 bits per heavy atom. The van der Waals surface area contributed by atoms with Crippen LogP contribution in [0.25, 0.3) is 11.0 Å². The van der Waals surface area contributed by atoms with Crippen molar-refractivity contribution in [2.45, 2.75) is 66.0 Å². The average molecular weight is 489 g/mol. The molecule has 2 atom stereocenters. The van der Waals surface area contributed by atoms with E-state index in [-0.39, 0.29) is 16.7 Å². The van der Waals surface area contributed by atoms with Crippen LogP contribution >= 0.6 is 12.2 Å². The fraction of sp³-hybridized carbons (Fsp3) is 0.357. The van der Waals surface area contributed by atoms with E-state index in [9.17, 15) is 0 Å². The van der Waals surface area contributed by atoms with Crippen molar-refractivity contribution >= 4 is 28.5 Å². The molecule has 0 fully saturated rings. The van der Waals surface area contributed by atoms with Crippen LogP contribution in [0, 0.1) is 13.8 Å². The van der Waals surface area contributed by atoms with Crippen LogP contribution in [0.2, 0.25) is 0 Å². The van der Waals surface area contributed by atoms with Gasteiger partial charge in [0.15, 0.2) is 5.65 Å². The Kier molecular flexibility index (Phi) is 6.90. The molecular weight excluding hydrogens is 456 g/mol. The molecule has 0 aliphatic carbocycles.